The Bertz CT molecular complexity index is 748. The van der Waals surface area contributed by atoms with Gasteiger partial charge in [-0.3, -0.25) is 20.2 Å². The van der Waals surface area contributed by atoms with Crippen LogP contribution in [-0.4, -0.2) is 23.0 Å². The zero-order valence-electron chi connectivity index (χ0n) is 13.1. The van der Waals surface area contributed by atoms with E-state index in [1.165, 1.54) is 12.1 Å². The highest BCUT2D eigenvalue weighted by Gasteiger charge is 2.18. The Kier molecular flexibility index (Phi) is 5.67. The molecule has 0 bridgehead atoms. The second-order valence-corrected chi connectivity index (χ2v) is 5.16. The van der Waals surface area contributed by atoms with Crippen LogP contribution in [0.25, 0.3) is 0 Å². The van der Waals surface area contributed by atoms with Crippen LogP contribution in [0.2, 0.25) is 0 Å². The highest BCUT2D eigenvalue weighted by molar-refractivity contribution is 5.65. The van der Waals surface area contributed by atoms with Crippen LogP contribution in [-0.2, 0) is 0 Å². The summed E-state index contributed by atoms with van der Waals surface area (Å²) >= 11 is 0. The number of nitrogens with zero attached hydrogens (tertiary/aromatic N) is 2. The van der Waals surface area contributed by atoms with Gasteiger partial charge in [0.05, 0.1) is 22.5 Å². The molecule has 0 radical (unpaired) electrons. The molecule has 0 saturated heterocycles. The van der Waals surface area contributed by atoms with Gasteiger partial charge in [-0.25, -0.2) is 0 Å². The van der Waals surface area contributed by atoms with Crippen molar-refractivity contribution in [3.8, 4) is 5.75 Å². The van der Waals surface area contributed by atoms with Crippen LogP contribution < -0.4 is 10.1 Å². The van der Waals surface area contributed by atoms with Crippen molar-refractivity contribution >= 4 is 17.1 Å². The summed E-state index contributed by atoms with van der Waals surface area (Å²) in [6.07, 6.45) is 0.627. The predicted molar refractivity (Wildman–Crippen MR) is 89.5 cm³/mol. The number of benzene rings is 2. The first-order valence-electron chi connectivity index (χ1n) is 7.33. The summed E-state index contributed by atoms with van der Waals surface area (Å²) in [7, 11) is 0. The number of nitrogens with one attached hydrogen (secondary N) is 1. The predicted octanol–water partition coefficient (Wildman–Crippen LogP) is 3.69. The Labute approximate surface area is 138 Å². The molecule has 0 aliphatic rings. The van der Waals surface area contributed by atoms with Crippen molar-refractivity contribution < 1.29 is 14.6 Å². The van der Waals surface area contributed by atoms with Crippen molar-refractivity contribution in [2.24, 2.45) is 0 Å². The number of aryl methyl sites for hydroxylation is 1. The Morgan fingerprint density at radius 1 is 1.08 bits per heavy atom. The van der Waals surface area contributed by atoms with Crippen molar-refractivity contribution in [2.75, 3.05) is 18.5 Å². The van der Waals surface area contributed by atoms with Crippen molar-refractivity contribution in [3.05, 3.63) is 68.3 Å². The number of hydrogen-bond acceptors (Lipinski definition) is 6. The van der Waals surface area contributed by atoms with E-state index in [9.17, 15) is 20.2 Å². The van der Waals surface area contributed by atoms with Gasteiger partial charge in [-0.2, -0.15) is 0 Å². The average Bonchev–Trinajstić information content (AvgIpc) is 2.54. The van der Waals surface area contributed by atoms with Gasteiger partial charge in [0.2, 0.25) is 0 Å². The van der Waals surface area contributed by atoms with Crippen LogP contribution in [0, 0.1) is 27.2 Å². The lowest BCUT2D eigenvalue weighted by molar-refractivity contribution is -0.393. The molecule has 0 heterocycles. The number of ether oxygens (including phenoxy) is 1. The quantitative estimate of drug-likeness (QED) is 0.449. The molecule has 0 aromatic heterocycles. The third-order valence-corrected chi connectivity index (χ3v) is 3.28. The van der Waals surface area contributed by atoms with E-state index in [4.69, 9.17) is 4.74 Å². The van der Waals surface area contributed by atoms with Gasteiger partial charge in [0.25, 0.3) is 11.4 Å². The molecule has 0 unspecified atom stereocenters. The van der Waals surface area contributed by atoms with Crippen LogP contribution in [0.3, 0.4) is 0 Å². The van der Waals surface area contributed by atoms with Crippen LogP contribution in [0.1, 0.15) is 12.0 Å². The lowest BCUT2D eigenvalue weighted by Crippen LogP contribution is -2.09. The summed E-state index contributed by atoms with van der Waals surface area (Å²) in [6.45, 7) is 2.88. The summed E-state index contributed by atoms with van der Waals surface area (Å²) in [4.78, 5) is 20.4. The number of nitro groups is 2. The smallest absolute Gasteiger partial charge is 0.299 e. The van der Waals surface area contributed by atoms with E-state index in [1.807, 2.05) is 31.2 Å². The summed E-state index contributed by atoms with van der Waals surface area (Å²) in [5.74, 6) is 0.774. The molecular formula is C16H17N3O5. The molecular weight excluding hydrogens is 314 g/mol. The first-order valence-corrected chi connectivity index (χ1v) is 7.33. The fraction of sp³-hybridized carbons (Fsp3) is 0.250. The zero-order valence-corrected chi connectivity index (χ0v) is 13.1. The minimum Gasteiger partial charge on any atom is -0.494 e. The second kappa shape index (κ2) is 7.91. The van der Waals surface area contributed by atoms with E-state index in [2.05, 4.69) is 5.32 Å². The van der Waals surface area contributed by atoms with Crippen molar-refractivity contribution in [2.45, 2.75) is 13.3 Å². The highest BCUT2D eigenvalue weighted by Crippen LogP contribution is 2.28. The van der Waals surface area contributed by atoms with Gasteiger partial charge in [-0.15, -0.1) is 0 Å². The minimum absolute atomic E-state index is 0.251. The summed E-state index contributed by atoms with van der Waals surface area (Å²) in [5, 5.41) is 24.6. The first kappa shape index (κ1) is 17.2. The molecule has 2 aromatic rings. The molecule has 0 atom stereocenters. The van der Waals surface area contributed by atoms with Gasteiger partial charge in [-0.1, -0.05) is 12.1 Å². The summed E-state index contributed by atoms with van der Waals surface area (Å²) in [5.41, 5.74) is 0.729. The molecule has 126 valence electrons. The molecule has 1 N–H and O–H groups in total. The summed E-state index contributed by atoms with van der Waals surface area (Å²) < 4.78 is 5.59. The van der Waals surface area contributed by atoms with E-state index >= 15 is 0 Å². The minimum atomic E-state index is -0.660. The molecule has 0 fully saturated rings. The Morgan fingerprint density at radius 3 is 2.54 bits per heavy atom. The van der Waals surface area contributed by atoms with Gasteiger partial charge in [-0.05, 0) is 37.1 Å². The Balaban J connectivity index is 1.87. The largest absolute Gasteiger partial charge is 0.494 e. The van der Waals surface area contributed by atoms with Gasteiger partial charge >= 0.3 is 0 Å². The lowest BCUT2D eigenvalue weighted by Gasteiger charge is -2.09. The molecule has 0 spiro atoms. The third-order valence-electron chi connectivity index (χ3n) is 3.28. The standard InChI is InChI=1S/C16H17N3O5/c1-12-4-2-5-14(10-12)24-9-3-8-17-15-7-6-13(18(20)21)11-16(15)19(22)23/h2,4-7,10-11,17H,3,8-9H2,1H3. The highest BCUT2D eigenvalue weighted by atomic mass is 16.6. The maximum atomic E-state index is 11.0. The van der Waals surface area contributed by atoms with E-state index < -0.39 is 9.85 Å². The topological polar surface area (TPSA) is 108 Å². The SMILES string of the molecule is Cc1cccc(OCCCNc2ccc([N+](=O)[O-])cc2[N+](=O)[O-])c1. The van der Waals surface area contributed by atoms with E-state index in [0.717, 1.165) is 17.4 Å². The fourth-order valence-electron chi connectivity index (χ4n) is 2.12. The summed E-state index contributed by atoms with van der Waals surface area (Å²) in [6, 6.07) is 11.2. The molecule has 2 rings (SSSR count). The maximum absolute atomic E-state index is 11.0. The molecule has 2 aromatic carbocycles. The van der Waals surface area contributed by atoms with Crippen LogP contribution in [0.4, 0.5) is 17.1 Å². The van der Waals surface area contributed by atoms with Crippen molar-refractivity contribution in [3.63, 3.8) is 0 Å². The molecule has 0 aliphatic carbocycles. The van der Waals surface area contributed by atoms with E-state index in [0.29, 0.717) is 19.6 Å². The van der Waals surface area contributed by atoms with Crippen molar-refractivity contribution in [1.82, 2.24) is 0 Å². The number of rotatable bonds is 8. The second-order valence-electron chi connectivity index (χ2n) is 5.16. The van der Waals surface area contributed by atoms with Gasteiger partial charge in [0.15, 0.2) is 0 Å². The first-order chi connectivity index (χ1) is 11.5. The monoisotopic (exact) mass is 331 g/mol. The zero-order chi connectivity index (χ0) is 17.5. The van der Waals surface area contributed by atoms with Gasteiger partial charge < -0.3 is 10.1 Å². The number of anilines is 1. The van der Waals surface area contributed by atoms with Gasteiger partial charge in [0, 0.05) is 12.6 Å². The lowest BCUT2D eigenvalue weighted by atomic mass is 10.2. The average molecular weight is 331 g/mol. The Morgan fingerprint density at radius 2 is 1.88 bits per heavy atom. The number of nitro benzene ring substituents is 2. The van der Waals surface area contributed by atoms with Crippen LogP contribution >= 0.6 is 0 Å². The molecule has 0 aliphatic heterocycles. The molecule has 0 amide bonds. The molecule has 0 saturated carbocycles. The fourth-order valence-corrected chi connectivity index (χ4v) is 2.12. The normalized spacial score (nSPS) is 10.2. The number of hydrogen-bond donors (Lipinski definition) is 1. The van der Waals surface area contributed by atoms with E-state index in [1.54, 1.807) is 0 Å². The number of non-ortho nitro benzene ring substituents is 1. The van der Waals surface area contributed by atoms with Crippen molar-refractivity contribution in [1.29, 1.82) is 0 Å². The molecule has 8 nitrogen and oxygen atoms in total. The third kappa shape index (κ3) is 4.67. The van der Waals surface area contributed by atoms with Gasteiger partial charge in [0.1, 0.15) is 11.4 Å². The Hall–Kier alpha value is -3.16. The van der Waals surface area contributed by atoms with Crippen LogP contribution in [0.5, 0.6) is 5.75 Å². The molecule has 8 heteroatoms. The van der Waals surface area contributed by atoms with Crippen LogP contribution in [0.15, 0.2) is 42.5 Å². The molecule has 24 heavy (non-hydrogen) atoms. The van der Waals surface area contributed by atoms with E-state index in [-0.39, 0.29) is 17.1 Å². The maximum Gasteiger partial charge on any atom is 0.299 e.